The van der Waals surface area contributed by atoms with Gasteiger partial charge in [-0.2, -0.15) is 0 Å². The minimum absolute atomic E-state index is 0.878. The van der Waals surface area contributed by atoms with Crippen LogP contribution in [-0.4, -0.2) is 16.7 Å². The van der Waals surface area contributed by atoms with Crippen molar-refractivity contribution in [2.45, 2.75) is 19.4 Å². The predicted molar refractivity (Wildman–Crippen MR) is 88.0 cm³/mol. The summed E-state index contributed by atoms with van der Waals surface area (Å²) in [6.07, 6.45) is 2.29. The van der Waals surface area contributed by atoms with Gasteiger partial charge in [-0.05, 0) is 37.1 Å². The first-order valence-electron chi connectivity index (χ1n) is 7.66. The van der Waals surface area contributed by atoms with Crippen molar-refractivity contribution < 1.29 is 4.74 Å². The van der Waals surface area contributed by atoms with Crippen molar-refractivity contribution in [1.29, 1.82) is 0 Å². The van der Waals surface area contributed by atoms with E-state index in [1.807, 2.05) is 18.2 Å². The van der Waals surface area contributed by atoms with Crippen molar-refractivity contribution in [3.8, 4) is 28.4 Å². The summed E-state index contributed by atoms with van der Waals surface area (Å²) >= 11 is 0. The lowest BCUT2D eigenvalue weighted by molar-refractivity contribution is 0.415. The van der Waals surface area contributed by atoms with E-state index in [1.165, 1.54) is 17.7 Å². The smallest absolute Gasteiger partial charge is 0.140 e. The molecule has 1 aliphatic heterocycles. The van der Waals surface area contributed by atoms with E-state index in [4.69, 9.17) is 9.72 Å². The number of benzene rings is 2. The van der Waals surface area contributed by atoms with E-state index in [9.17, 15) is 0 Å². The van der Waals surface area contributed by atoms with Crippen molar-refractivity contribution in [2.75, 3.05) is 7.11 Å². The first-order valence-corrected chi connectivity index (χ1v) is 7.66. The fraction of sp³-hybridized carbons (Fsp3) is 0.211. The highest BCUT2D eigenvalue weighted by Crippen LogP contribution is 2.34. The second-order valence-electron chi connectivity index (χ2n) is 5.58. The van der Waals surface area contributed by atoms with Gasteiger partial charge in [0.25, 0.3) is 0 Å². The number of methoxy groups -OCH3 is 1. The first kappa shape index (κ1) is 13.1. The largest absolute Gasteiger partial charge is 0.497 e. The van der Waals surface area contributed by atoms with Gasteiger partial charge < -0.3 is 9.30 Å². The van der Waals surface area contributed by atoms with Crippen LogP contribution in [0.25, 0.3) is 22.6 Å². The summed E-state index contributed by atoms with van der Waals surface area (Å²) in [6, 6.07) is 18.6. The fourth-order valence-corrected chi connectivity index (χ4v) is 3.17. The molecule has 3 nitrogen and oxygen atoms in total. The van der Waals surface area contributed by atoms with Gasteiger partial charge >= 0.3 is 0 Å². The Bertz CT molecular complexity index is 788. The summed E-state index contributed by atoms with van der Waals surface area (Å²) in [5.74, 6) is 1.96. The molecule has 3 aromatic rings. The lowest BCUT2D eigenvalue weighted by Gasteiger charge is -2.03. The van der Waals surface area contributed by atoms with Gasteiger partial charge in [-0.1, -0.05) is 30.3 Å². The summed E-state index contributed by atoms with van der Waals surface area (Å²) in [6.45, 7) is 1.06. The molecule has 0 radical (unpaired) electrons. The molecule has 0 atom stereocenters. The highest BCUT2D eigenvalue weighted by atomic mass is 16.5. The van der Waals surface area contributed by atoms with Crippen LogP contribution in [0.15, 0.2) is 54.6 Å². The van der Waals surface area contributed by atoms with Gasteiger partial charge in [0.15, 0.2) is 0 Å². The second-order valence-corrected chi connectivity index (χ2v) is 5.58. The Morgan fingerprint density at radius 3 is 2.45 bits per heavy atom. The summed E-state index contributed by atoms with van der Waals surface area (Å²) in [5, 5.41) is 0. The van der Waals surface area contributed by atoms with Crippen molar-refractivity contribution in [2.24, 2.45) is 0 Å². The molecule has 3 heteroatoms. The number of fused-ring (bicyclic) bond motifs is 1. The van der Waals surface area contributed by atoms with Gasteiger partial charge in [0.1, 0.15) is 11.6 Å². The highest BCUT2D eigenvalue weighted by Gasteiger charge is 2.22. The van der Waals surface area contributed by atoms with Crippen molar-refractivity contribution >= 4 is 0 Å². The topological polar surface area (TPSA) is 27.1 Å². The summed E-state index contributed by atoms with van der Waals surface area (Å²) in [7, 11) is 1.69. The molecule has 1 aliphatic rings. The molecule has 1 aromatic heterocycles. The van der Waals surface area contributed by atoms with E-state index < -0.39 is 0 Å². The molecule has 0 N–H and O–H groups in total. The molecule has 0 fully saturated rings. The number of nitrogens with zero attached hydrogens (tertiary/aromatic N) is 2. The summed E-state index contributed by atoms with van der Waals surface area (Å²) in [5.41, 5.74) is 4.81. The van der Waals surface area contributed by atoms with Crippen LogP contribution < -0.4 is 4.74 Å². The van der Waals surface area contributed by atoms with E-state index >= 15 is 0 Å². The Morgan fingerprint density at radius 2 is 1.73 bits per heavy atom. The van der Waals surface area contributed by atoms with Crippen molar-refractivity contribution in [3.63, 3.8) is 0 Å². The maximum absolute atomic E-state index is 5.25. The zero-order valence-electron chi connectivity index (χ0n) is 12.6. The molecular weight excluding hydrogens is 272 g/mol. The molecule has 0 saturated carbocycles. The number of aromatic nitrogens is 2. The Labute approximate surface area is 130 Å². The standard InChI is InChI=1S/C19H18N2O/c1-22-16-11-9-14(10-12-16)18-17-8-5-13-21(17)19(20-18)15-6-3-2-4-7-15/h2-4,6-7,9-12H,5,8,13H2,1H3. The van der Waals surface area contributed by atoms with Gasteiger partial charge in [-0.15, -0.1) is 0 Å². The van der Waals surface area contributed by atoms with Crippen LogP contribution in [0.4, 0.5) is 0 Å². The van der Waals surface area contributed by atoms with Gasteiger partial charge in [-0.3, -0.25) is 0 Å². The van der Waals surface area contributed by atoms with Gasteiger partial charge in [0.2, 0.25) is 0 Å². The third kappa shape index (κ3) is 2.10. The molecule has 0 amide bonds. The van der Waals surface area contributed by atoms with Crippen molar-refractivity contribution in [1.82, 2.24) is 9.55 Å². The number of imidazole rings is 1. The minimum atomic E-state index is 0.878. The Hall–Kier alpha value is -2.55. The highest BCUT2D eigenvalue weighted by molar-refractivity contribution is 5.69. The first-order chi connectivity index (χ1) is 10.9. The maximum atomic E-state index is 5.25. The zero-order valence-corrected chi connectivity index (χ0v) is 12.6. The number of hydrogen-bond donors (Lipinski definition) is 0. The zero-order chi connectivity index (χ0) is 14.9. The second kappa shape index (κ2) is 5.34. The van der Waals surface area contributed by atoms with E-state index in [-0.39, 0.29) is 0 Å². The van der Waals surface area contributed by atoms with E-state index in [0.29, 0.717) is 0 Å². The third-order valence-electron chi connectivity index (χ3n) is 4.26. The van der Waals surface area contributed by atoms with Gasteiger partial charge in [-0.25, -0.2) is 4.98 Å². The predicted octanol–water partition coefficient (Wildman–Crippen LogP) is 4.17. The molecule has 0 spiro atoms. The molecule has 22 heavy (non-hydrogen) atoms. The van der Waals surface area contributed by atoms with E-state index in [1.54, 1.807) is 7.11 Å². The fourth-order valence-electron chi connectivity index (χ4n) is 3.17. The molecule has 0 aliphatic carbocycles. The normalized spacial score (nSPS) is 13.1. The average Bonchev–Trinajstić information content (AvgIpc) is 3.18. The summed E-state index contributed by atoms with van der Waals surface area (Å²) in [4.78, 5) is 4.95. The molecule has 2 heterocycles. The van der Waals surface area contributed by atoms with E-state index in [0.717, 1.165) is 35.8 Å². The van der Waals surface area contributed by atoms with Crippen LogP contribution in [0.1, 0.15) is 12.1 Å². The van der Waals surface area contributed by atoms with Crippen LogP contribution in [0.2, 0.25) is 0 Å². The Morgan fingerprint density at radius 1 is 0.955 bits per heavy atom. The van der Waals surface area contributed by atoms with Crippen LogP contribution in [0.5, 0.6) is 5.75 Å². The van der Waals surface area contributed by atoms with Gasteiger partial charge in [0, 0.05) is 23.4 Å². The molecule has 0 unspecified atom stereocenters. The van der Waals surface area contributed by atoms with Crippen LogP contribution >= 0.6 is 0 Å². The minimum Gasteiger partial charge on any atom is -0.497 e. The molecule has 0 bridgehead atoms. The van der Waals surface area contributed by atoms with E-state index in [2.05, 4.69) is 41.0 Å². The van der Waals surface area contributed by atoms with Crippen LogP contribution in [-0.2, 0) is 13.0 Å². The lowest BCUT2D eigenvalue weighted by atomic mass is 10.1. The van der Waals surface area contributed by atoms with Crippen LogP contribution in [0, 0.1) is 0 Å². The van der Waals surface area contributed by atoms with Crippen molar-refractivity contribution in [3.05, 3.63) is 60.3 Å². The molecule has 4 rings (SSSR count). The van der Waals surface area contributed by atoms with Gasteiger partial charge in [0.05, 0.1) is 12.8 Å². The number of hydrogen-bond acceptors (Lipinski definition) is 2. The monoisotopic (exact) mass is 290 g/mol. The Kier molecular flexibility index (Phi) is 3.19. The number of ether oxygens (including phenoxy) is 1. The summed E-state index contributed by atoms with van der Waals surface area (Å²) < 4.78 is 7.62. The molecule has 0 saturated heterocycles. The van der Waals surface area contributed by atoms with Crippen LogP contribution in [0.3, 0.4) is 0 Å². The lowest BCUT2D eigenvalue weighted by Crippen LogP contribution is -1.95. The average molecular weight is 290 g/mol. The third-order valence-corrected chi connectivity index (χ3v) is 4.26. The number of rotatable bonds is 3. The SMILES string of the molecule is COc1ccc(-c2nc(-c3ccccc3)n3c2CCC3)cc1. The molecule has 2 aromatic carbocycles. The maximum Gasteiger partial charge on any atom is 0.140 e. The quantitative estimate of drug-likeness (QED) is 0.724. The molecule has 110 valence electrons. The molecular formula is C19H18N2O. The Balaban J connectivity index is 1.84.